The van der Waals surface area contributed by atoms with Crippen molar-refractivity contribution in [2.75, 3.05) is 41.8 Å². The summed E-state index contributed by atoms with van der Waals surface area (Å²) in [4.78, 5) is 23.5. The number of nitrogens with zero attached hydrogens (tertiary/aromatic N) is 3. The lowest BCUT2D eigenvalue weighted by Gasteiger charge is -2.27. The number of hydrogen-bond donors (Lipinski definition) is 2. The van der Waals surface area contributed by atoms with Crippen LogP contribution in [0.4, 0.5) is 35.2 Å². The summed E-state index contributed by atoms with van der Waals surface area (Å²) in [5.74, 6) is 1.92. The van der Waals surface area contributed by atoms with Gasteiger partial charge in [-0.25, -0.2) is 9.78 Å². The second-order valence-electron chi connectivity index (χ2n) is 8.26. The molecule has 2 amide bonds. The van der Waals surface area contributed by atoms with Crippen molar-refractivity contribution in [1.82, 2.24) is 9.97 Å². The Morgan fingerprint density at radius 1 is 0.865 bits per heavy atom. The van der Waals surface area contributed by atoms with Crippen LogP contribution in [-0.4, -0.2) is 42.3 Å². The minimum atomic E-state index is -4.43. The second kappa shape index (κ2) is 10.3. The SMILES string of the molecule is O=C(Nc1ccc(Oc2ccc3ncc(N4CCOCC4)nc3c2)cc1)Nc1ccc(C(F)(F)F)cc1. The quantitative estimate of drug-likeness (QED) is 0.347. The fraction of sp³-hybridized carbons (Fsp3) is 0.192. The summed E-state index contributed by atoms with van der Waals surface area (Å²) in [6, 6.07) is 15.7. The van der Waals surface area contributed by atoms with E-state index in [2.05, 4.69) is 20.5 Å². The molecule has 1 saturated heterocycles. The van der Waals surface area contributed by atoms with E-state index in [-0.39, 0.29) is 5.69 Å². The standard InChI is InChI=1S/C26H22F3N5O3/c27-26(28,29)17-1-3-18(4-2-17)31-25(35)32-19-5-7-20(8-6-19)37-21-9-10-22-23(15-21)33-24(16-30-22)34-11-13-36-14-12-34/h1-10,15-16H,11-14H2,(H2,31,32,35). The summed E-state index contributed by atoms with van der Waals surface area (Å²) in [6.45, 7) is 2.84. The molecule has 190 valence electrons. The zero-order valence-electron chi connectivity index (χ0n) is 19.5. The van der Waals surface area contributed by atoms with E-state index in [0.717, 1.165) is 36.6 Å². The summed E-state index contributed by atoms with van der Waals surface area (Å²) in [6.07, 6.45) is -2.68. The molecule has 5 rings (SSSR count). The Bertz CT molecular complexity index is 1390. The maximum Gasteiger partial charge on any atom is 0.416 e. The maximum atomic E-state index is 12.7. The molecule has 1 aliphatic heterocycles. The molecule has 8 nitrogen and oxygen atoms in total. The average Bonchev–Trinajstić information content (AvgIpc) is 2.90. The number of carbonyl (C=O) groups excluding carboxylic acids is 1. The fourth-order valence-electron chi connectivity index (χ4n) is 3.77. The first-order valence-corrected chi connectivity index (χ1v) is 11.5. The lowest BCUT2D eigenvalue weighted by molar-refractivity contribution is -0.137. The van der Waals surface area contributed by atoms with Crippen molar-refractivity contribution in [3.63, 3.8) is 0 Å². The summed E-state index contributed by atoms with van der Waals surface area (Å²) in [5, 5.41) is 5.13. The number of amides is 2. The molecule has 1 aliphatic rings. The summed E-state index contributed by atoms with van der Waals surface area (Å²) < 4.78 is 49.4. The number of morpholine rings is 1. The van der Waals surface area contributed by atoms with Crippen molar-refractivity contribution < 1.29 is 27.4 Å². The molecule has 0 saturated carbocycles. The van der Waals surface area contributed by atoms with Crippen LogP contribution in [0.2, 0.25) is 0 Å². The van der Waals surface area contributed by atoms with Crippen LogP contribution in [0.1, 0.15) is 5.56 Å². The van der Waals surface area contributed by atoms with Gasteiger partial charge in [-0.2, -0.15) is 13.2 Å². The van der Waals surface area contributed by atoms with E-state index in [9.17, 15) is 18.0 Å². The molecule has 37 heavy (non-hydrogen) atoms. The third-order valence-electron chi connectivity index (χ3n) is 5.65. The second-order valence-corrected chi connectivity index (χ2v) is 8.26. The minimum Gasteiger partial charge on any atom is -0.457 e. The molecule has 1 fully saturated rings. The van der Waals surface area contributed by atoms with Gasteiger partial charge in [-0.05, 0) is 60.7 Å². The summed E-state index contributed by atoms with van der Waals surface area (Å²) in [7, 11) is 0. The highest BCUT2D eigenvalue weighted by Gasteiger charge is 2.30. The first-order valence-electron chi connectivity index (χ1n) is 11.5. The Morgan fingerprint density at radius 3 is 2.14 bits per heavy atom. The number of carbonyl (C=O) groups is 1. The molecule has 0 bridgehead atoms. The number of fused-ring (bicyclic) bond motifs is 1. The third-order valence-corrected chi connectivity index (χ3v) is 5.65. The van der Waals surface area contributed by atoms with Gasteiger partial charge in [0.1, 0.15) is 17.3 Å². The normalized spacial score (nSPS) is 13.9. The molecule has 0 atom stereocenters. The number of nitrogens with one attached hydrogen (secondary N) is 2. The lowest BCUT2D eigenvalue weighted by Crippen LogP contribution is -2.36. The number of rotatable bonds is 5. The van der Waals surface area contributed by atoms with Gasteiger partial charge >= 0.3 is 12.2 Å². The number of hydrogen-bond acceptors (Lipinski definition) is 6. The maximum absolute atomic E-state index is 12.7. The van der Waals surface area contributed by atoms with E-state index in [0.29, 0.717) is 35.9 Å². The molecule has 0 aliphatic carbocycles. The smallest absolute Gasteiger partial charge is 0.416 e. The van der Waals surface area contributed by atoms with Gasteiger partial charge in [-0.1, -0.05) is 0 Å². The topological polar surface area (TPSA) is 88.6 Å². The van der Waals surface area contributed by atoms with E-state index in [4.69, 9.17) is 14.5 Å². The monoisotopic (exact) mass is 509 g/mol. The average molecular weight is 509 g/mol. The molecule has 2 N–H and O–H groups in total. The number of alkyl halides is 3. The number of ether oxygens (including phenoxy) is 2. The molecule has 11 heteroatoms. The van der Waals surface area contributed by atoms with Crippen molar-refractivity contribution >= 4 is 34.3 Å². The minimum absolute atomic E-state index is 0.238. The van der Waals surface area contributed by atoms with Crippen LogP contribution < -0.4 is 20.3 Å². The Hall–Kier alpha value is -4.38. The van der Waals surface area contributed by atoms with E-state index in [1.165, 1.54) is 12.1 Å². The Labute approximate surface area is 210 Å². The van der Waals surface area contributed by atoms with Gasteiger partial charge in [-0.15, -0.1) is 0 Å². The molecule has 0 unspecified atom stereocenters. The van der Waals surface area contributed by atoms with E-state index >= 15 is 0 Å². The molecule has 2 heterocycles. The fourth-order valence-corrected chi connectivity index (χ4v) is 3.77. The Kier molecular flexibility index (Phi) is 6.78. The molecule has 3 aromatic carbocycles. The highest BCUT2D eigenvalue weighted by Crippen LogP contribution is 2.30. The largest absolute Gasteiger partial charge is 0.457 e. The van der Waals surface area contributed by atoms with Crippen LogP contribution in [-0.2, 0) is 10.9 Å². The van der Waals surface area contributed by atoms with Gasteiger partial charge < -0.3 is 25.0 Å². The van der Waals surface area contributed by atoms with Crippen LogP contribution in [0, 0.1) is 0 Å². The molecule has 1 aromatic heterocycles. The van der Waals surface area contributed by atoms with Crippen molar-refractivity contribution in [1.29, 1.82) is 0 Å². The number of aromatic nitrogens is 2. The van der Waals surface area contributed by atoms with E-state index < -0.39 is 17.8 Å². The van der Waals surface area contributed by atoms with Crippen molar-refractivity contribution in [3.05, 3.63) is 78.5 Å². The Morgan fingerprint density at radius 2 is 1.49 bits per heavy atom. The van der Waals surface area contributed by atoms with Gasteiger partial charge in [0.15, 0.2) is 0 Å². The highest BCUT2D eigenvalue weighted by molar-refractivity contribution is 5.99. The zero-order chi connectivity index (χ0) is 25.8. The molecular weight excluding hydrogens is 487 g/mol. The lowest BCUT2D eigenvalue weighted by atomic mass is 10.2. The zero-order valence-corrected chi connectivity index (χ0v) is 19.5. The molecule has 0 radical (unpaired) electrons. The van der Waals surface area contributed by atoms with Crippen LogP contribution in [0.25, 0.3) is 11.0 Å². The number of benzene rings is 3. The first-order chi connectivity index (χ1) is 17.8. The number of halogens is 3. The highest BCUT2D eigenvalue weighted by atomic mass is 19.4. The van der Waals surface area contributed by atoms with Crippen molar-refractivity contribution in [2.45, 2.75) is 6.18 Å². The predicted octanol–water partition coefficient (Wildman–Crippen LogP) is 5.92. The van der Waals surface area contributed by atoms with Crippen LogP contribution in [0.15, 0.2) is 72.9 Å². The van der Waals surface area contributed by atoms with Gasteiger partial charge in [0, 0.05) is 30.5 Å². The molecular formula is C26H22F3N5O3. The molecule has 0 spiro atoms. The Balaban J connectivity index is 1.20. The number of anilines is 3. The van der Waals surface area contributed by atoms with Crippen LogP contribution in [0.5, 0.6) is 11.5 Å². The van der Waals surface area contributed by atoms with E-state index in [1.54, 1.807) is 36.5 Å². The first kappa shape index (κ1) is 24.3. The van der Waals surface area contributed by atoms with Crippen LogP contribution in [0.3, 0.4) is 0 Å². The molecule has 4 aromatic rings. The number of urea groups is 1. The van der Waals surface area contributed by atoms with Gasteiger partial charge in [-0.3, -0.25) is 4.98 Å². The van der Waals surface area contributed by atoms with E-state index in [1.807, 2.05) is 12.1 Å². The third kappa shape index (κ3) is 6.07. The van der Waals surface area contributed by atoms with Crippen LogP contribution >= 0.6 is 0 Å². The van der Waals surface area contributed by atoms with Gasteiger partial charge in [0.25, 0.3) is 0 Å². The van der Waals surface area contributed by atoms with Crippen molar-refractivity contribution in [3.8, 4) is 11.5 Å². The van der Waals surface area contributed by atoms with Crippen molar-refractivity contribution in [2.24, 2.45) is 0 Å². The summed E-state index contributed by atoms with van der Waals surface area (Å²) >= 11 is 0. The summed E-state index contributed by atoms with van der Waals surface area (Å²) in [5.41, 5.74) is 1.39. The predicted molar refractivity (Wildman–Crippen MR) is 133 cm³/mol. The van der Waals surface area contributed by atoms with Gasteiger partial charge in [0.05, 0.1) is 36.0 Å². The van der Waals surface area contributed by atoms with Gasteiger partial charge in [0.2, 0.25) is 0 Å².